The van der Waals surface area contributed by atoms with Gasteiger partial charge in [-0.05, 0) is 32.0 Å². The highest BCUT2D eigenvalue weighted by atomic mass is 16.3. The maximum absolute atomic E-state index is 12.3. The summed E-state index contributed by atoms with van der Waals surface area (Å²) >= 11 is 0. The summed E-state index contributed by atoms with van der Waals surface area (Å²) < 4.78 is 0. The van der Waals surface area contributed by atoms with Gasteiger partial charge in [-0.1, -0.05) is 57.2 Å². The minimum Gasteiger partial charge on any atom is -0.389 e. The Labute approximate surface area is 144 Å². The summed E-state index contributed by atoms with van der Waals surface area (Å²) in [6, 6.07) is 8.66. The zero-order valence-electron chi connectivity index (χ0n) is 14.8. The first kappa shape index (κ1) is 20.3. The van der Waals surface area contributed by atoms with Gasteiger partial charge >= 0.3 is 0 Å². The quantitative estimate of drug-likeness (QED) is 0.312. The molecule has 0 fully saturated rings. The maximum atomic E-state index is 12.3. The van der Waals surface area contributed by atoms with Crippen molar-refractivity contribution in [3.05, 3.63) is 35.9 Å². The van der Waals surface area contributed by atoms with E-state index in [1.54, 1.807) is 24.3 Å². The Hall–Kier alpha value is -1.72. The van der Waals surface area contributed by atoms with E-state index in [1.165, 1.54) is 26.2 Å². The zero-order valence-corrected chi connectivity index (χ0v) is 14.8. The molecule has 5 nitrogen and oxygen atoms in total. The molecule has 0 saturated heterocycles. The van der Waals surface area contributed by atoms with Crippen LogP contribution in [0.2, 0.25) is 0 Å². The number of aliphatic hydroxyl groups is 1. The van der Waals surface area contributed by atoms with Crippen LogP contribution < -0.4 is 10.6 Å². The second-order valence-electron chi connectivity index (χ2n) is 6.18. The molecule has 1 amide bonds. The van der Waals surface area contributed by atoms with E-state index in [2.05, 4.69) is 17.6 Å². The van der Waals surface area contributed by atoms with Crippen LogP contribution in [0, 0.1) is 0 Å². The molecule has 1 aromatic rings. The Morgan fingerprint density at radius 2 is 1.79 bits per heavy atom. The standard InChI is InChI=1S/C19H30N2O3/c1-3-4-5-6-7-11-14-20-19(15-22,16(2)23)21-18(24)17-12-9-8-10-13-17/h8-10,12-13,15-16,20,23H,3-7,11,14H2,1-2H3,(H,21,24)/t16-,19-/m1/s1. The van der Waals surface area contributed by atoms with Gasteiger partial charge in [-0.3, -0.25) is 14.9 Å². The number of hydrogen-bond acceptors (Lipinski definition) is 4. The number of benzene rings is 1. The molecule has 24 heavy (non-hydrogen) atoms. The summed E-state index contributed by atoms with van der Waals surface area (Å²) in [5.41, 5.74) is -1.01. The van der Waals surface area contributed by atoms with Crippen LogP contribution in [0.5, 0.6) is 0 Å². The molecule has 0 radical (unpaired) electrons. The first-order chi connectivity index (χ1) is 11.6. The fraction of sp³-hybridized carbons (Fsp3) is 0.579. The van der Waals surface area contributed by atoms with Crippen molar-refractivity contribution in [2.45, 2.75) is 64.1 Å². The van der Waals surface area contributed by atoms with Gasteiger partial charge in [0.15, 0.2) is 11.9 Å². The summed E-state index contributed by atoms with van der Waals surface area (Å²) in [6.45, 7) is 4.23. The Balaban J connectivity index is 2.56. The molecule has 3 N–H and O–H groups in total. The van der Waals surface area contributed by atoms with Gasteiger partial charge in [0.25, 0.3) is 5.91 Å². The Morgan fingerprint density at radius 3 is 2.38 bits per heavy atom. The fourth-order valence-electron chi connectivity index (χ4n) is 2.52. The highest BCUT2D eigenvalue weighted by Gasteiger charge is 2.36. The average Bonchev–Trinajstić information content (AvgIpc) is 2.60. The highest BCUT2D eigenvalue weighted by molar-refractivity contribution is 5.96. The number of carbonyl (C=O) groups excluding carboxylic acids is 2. The number of amides is 1. The van der Waals surface area contributed by atoms with E-state index in [9.17, 15) is 14.7 Å². The summed E-state index contributed by atoms with van der Waals surface area (Å²) in [6.07, 6.45) is 6.33. The van der Waals surface area contributed by atoms with Gasteiger partial charge in [-0.2, -0.15) is 0 Å². The molecule has 0 aliphatic carbocycles. The lowest BCUT2D eigenvalue weighted by atomic mass is 10.0. The van der Waals surface area contributed by atoms with Crippen molar-refractivity contribution in [2.24, 2.45) is 0 Å². The summed E-state index contributed by atoms with van der Waals surface area (Å²) in [5, 5.41) is 15.7. The second-order valence-corrected chi connectivity index (χ2v) is 6.18. The largest absolute Gasteiger partial charge is 0.389 e. The van der Waals surface area contributed by atoms with Crippen molar-refractivity contribution < 1.29 is 14.7 Å². The smallest absolute Gasteiger partial charge is 0.253 e. The lowest BCUT2D eigenvalue weighted by Crippen LogP contribution is -2.66. The van der Waals surface area contributed by atoms with Gasteiger partial charge in [0.1, 0.15) is 0 Å². The van der Waals surface area contributed by atoms with E-state index in [0.717, 1.165) is 19.3 Å². The van der Waals surface area contributed by atoms with E-state index in [-0.39, 0.29) is 5.91 Å². The molecule has 0 aromatic heterocycles. The van der Waals surface area contributed by atoms with E-state index in [0.29, 0.717) is 18.4 Å². The van der Waals surface area contributed by atoms with Crippen molar-refractivity contribution >= 4 is 12.2 Å². The topological polar surface area (TPSA) is 78.4 Å². The lowest BCUT2D eigenvalue weighted by Gasteiger charge is -2.33. The van der Waals surface area contributed by atoms with E-state index >= 15 is 0 Å². The number of rotatable bonds is 12. The van der Waals surface area contributed by atoms with Gasteiger partial charge in [0.05, 0.1) is 6.10 Å². The molecule has 1 rings (SSSR count). The maximum Gasteiger partial charge on any atom is 0.253 e. The SMILES string of the molecule is CCCCCCCCN[C@](C=O)(NC(=O)c1ccccc1)[C@@H](C)O. The number of nitrogens with one attached hydrogen (secondary N) is 2. The van der Waals surface area contributed by atoms with E-state index < -0.39 is 11.8 Å². The molecule has 0 aliphatic rings. The molecule has 2 atom stereocenters. The summed E-state index contributed by atoms with van der Waals surface area (Å²) in [5.74, 6) is -0.390. The van der Waals surface area contributed by atoms with Gasteiger partial charge in [-0.15, -0.1) is 0 Å². The molecule has 1 aromatic carbocycles. The third-order valence-electron chi connectivity index (χ3n) is 4.15. The number of carbonyl (C=O) groups is 2. The minimum atomic E-state index is -1.46. The van der Waals surface area contributed by atoms with E-state index in [4.69, 9.17) is 0 Å². The molecule has 0 bridgehead atoms. The van der Waals surface area contributed by atoms with Crippen molar-refractivity contribution in [3.8, 4) is 0 Å². The normalized spacial score (nSPS) is 14.6. The summed E-state index contributed by atoms with van der Waals surface area (Å²) in [4.78, 5) is 23.9. The Bertz CT molecular complexity index is 491. The van der Waals surface area contributed by atoms with Crippen LogP contribution in [-0.4, -0.2) is 35.6 Å². The van der Waals surface area contributed by atoms with Gasteiger partial charge < -0.3 is 10.4 Å². The Kier molecular flexibility index (Phi) is 9.27. The zero-order chi connectivity index (χ0) is 17.8. The first-order valence-electron chi connectivity index (χ1n) is 8.82. The third kappa shape index (κ3) is 6.42. The molecule has 5 heteroatoms. The molecule has 0 saturated carbocycles. The summed E-state index contributed by atoms with van der Waals surface area (Å²) in [7, 11) is 0. The fourth-order valence-corrected chi connectivity index (χ4v) is 2.52. The third-order valence-corrected chi connectivity index (χ3v) is 4.15. The van der Waals surface area contributed by atoms with Crippen molar-refractivity contribution in [1.29, 1.82) is 0 Å². The molecule has 134 valence electrons. The van der Waals surface area contributed by atoms with Crippen LogP contribution in [0.4, 0.5) is 0 Å². The minimum absolute atomic E-state index is 0.390. The molecular weight excluding hydrogens is 304 g/mol. The number of unbranched alkanes of at least 4 members (excludes halogenated alkanes) is 5. The van der Waals surface area contributed by atoms with Crippen LogP contribution in [0.15, 0.2) is 30.3 Å². The molecule has 0 spiro atoms. The molecule has 0 unspecified atom stereocenters. The van der Waals surface area contributed by atoms with Crippen LogP contribution >= 0.6 is 0 Å². The molecule has 0 aliphatic heterocycles. The highest BCUT2D eigenvalue weighted by Crippen LogP contribution is 2.09. The molecular formula is C19H30N2O3. The predicted molar refractivity (Wildman–Crippen MR) is 95.8 cm³/mol. The second kappa shape index (κ2) is 10.9. The van der Waals surface area contributed by atoms with Crippen LogP contribution in [0.25, 0.3) is 0 Å². The number of aldehydes is 1. The lowest BCUT2D eigenvalue weighted by molar-refractivity contribution is -0.118. The van der Waals surface area contributed by atoms with Gasteiger partial charge in [0, 0.05) is 5.56 Å². The van der Waals surface area contributed by atoms with Gasteiger partial charge in [-0.25, -0.2) is 0 Å². The number of hydrogen-bond donors (Lipinski definition) is 3. The number of aliphatic hydroxyl groups excluding tert-OH is 1. The van der Waals surface area contributed by atoms with Crippen LogP contribution in [0.1, 0.15) is 62.7 Å². The average molecular weight is 334 g/mol. The monoisotopic (exact) mass is 334 g/mol. The van der Waals surface area contributed by atoms with Gasteiger partial charge in [0.2, 0.25) is 0 Å². The van der Waals surface area contributed by atoms with Crippen molar-refractivity contribution in [3.63, 3.8) is 0 Å². The molecule has 0 heterocycles. The van der Waals surface area contributed by atoms with Crippen LogP contribution in [0.3, 0.4) is 0 Å². The van der Waals surface area contributed by atoms with Crippen molar-refractivity contribution in [2.75, 3.05) is 6.54 Å². The Morgan fingerprint density at radius 1 is 1.17 bits per heavy atom. The first-order valence-corrected chi connectivity index (χ1v) is 8.82. The van der Waals surface area contributed by atoms with Crippen LogP contribution in [-0.2, 0) is 4.79 Å². The van der Waals surface area contributed by atoms with Crippen molar-refractivity contribution in [1.82, 2.24) is 10.6 Å². The predicted octanol–water partition coefficient (Wildman–Crippen LogP) is 2.64. The van der Waals surface area contributed by atoms with E-state index in [1.807, 2.05) is 6.07 Å².